The van der Waals surface area contributed by atoms with Crippen LogP contribution in [0.5, 0.6) is 0 Å². The van der Waals surface area contributed by atoms with E-state index in [1.165, 1.54) is 44.1 Å². The molecule has 0 aliphatic heterocycles. The van der Waals surface area contributed by atoms with Crippen molar-refractivity contribution in [2.24, 2.45) is 0 Å². The van der Waals surface area contributed by atoms with Crippen LogP contribution in [-0.4, -0.2) is 29.1 Å². The number of para-hydroxylation sites is 1. The van der Waals surface area contributed by atoms with E-state index in [0.717, 1.165) is 66.5 Å². The minimum absolute atomic E-state index is 0.100. The normalized spacial score (nSPS) is 13.4. The molecule has 0 bridgehead atoms. The Morgan fingerprint density at radius 1 is 0.455 bits per heavy atom. The van der Waals surface area contributed by atoms with E-state index < -0.39 is 0 Å². The van der Waals surface area contributed by atoms with Crippen molar-refractivity contribution in [2.45, 2.75) is 19.3 Å². The average molecular weight is 705 g/mol. The van der Waals surface area contributed by atoms with Crippen molar-refractivity contribution in [3.8, 4) is 34.0 Å². The molecule has 258 valence electrons. The number of hydrogen-bond acceptors (Lipinski definition) is 4. The zero-order valence-electron chi connectivity index (χ0n) is 30.2. The lowest BCUT2D eigenvalue weighted by Gasteiger charge is -2.21. The van der Waals surface area contributed by atoms with Gasteiger partial charge >= 0.3 is 0 Å². The Labute approximate surface area is 316 Å². The Hall–Kier alpha value is -7.18. The molecule has 1 aliphatic carbocycles. The number of nitrogens with zero attached hydrogens (tertiary/aromatic N) is 6. The van der Waals surface area contributed by atoms with E-state index in [0.29, 0.717) is 0 Å². The van der Waals surface area contributed by atoms with Crippen molar-refractivity contribution in [3.05, 3.63) is 169 Å². The van der Waals surface area contributed by atoms with Gasteiger partial charge in [0.1, 0.15) is 5.69 Å². The fourth-order valence-corrected chi connectivity index (χ4v) is 9.33. The monoisotopic (exact) mass is 704 g/mol. The van der Waals surface area contributed by atoms with E-state index in [2.05, 4.69) is 150 Å². The Morgan fingerprint density at radius 2 is 1.13 bits per heavy atom. The molecule has 0 saturated heterocycles. The van der Waals surface area contributed by atoms with Gasteiger partial charge in [-0.05, 0) is 100 Å². The van der Waals surface area contributed by atoms with Crippen molar-refractivity contribution in [1.82, 2.24) is 29.1 Å². The molecule has 0 N–H and O–H groups in total. The van der Waals surface area contributed by atoms with Crippen LogP contribution in [-0.2, 0) is 5.41 Å². The Balaban J connectivity index is 1.13. The van der Waals surface area contributed by atoms with Crippen LogP contribution in [0.15, 0.2) is 158 Å². The zero-order chi connectivity index (χ0) is 36.4. The third kappa shape index (κ3) is 4.08. The van der Waals surface area contributed by atoms with Crippen LogP contribution in [0.25, 0.3) is 99.4 Å². The van der Waals surface area contributed by atoms with Gasteiger partial charge in [-0.3, -0.25) is 19.5 Å². The van der Waals surface area contributed by atoms with Crippen molar-refractivity contribution < 1.29 is 0 Å². The number of imidazole rings is 1. The molecular weight excluding hydrogens is 673 g/mol. The summed E-state index contributed by atoms with van der Waals surface area (Å²) in [5.41, 5.74) is 14.2. The van der Waals surface area contributed by atoms with E-state index in [9.17, 15) is 0 Å². The fourth-order valence-electron chi connectivity index (χ4n) is 9.33. The maximum absolute atomic E-state index is 5.43. The molecule has 11 aromatic rings. The topological polar surface area (TPSA) is 61.4 Å². The summed E-state index contributed by atoms with van der Waals surface area (Å²) in [5, 5.41) is 6.62. The third-order valence-corrected chi connectivity index (χ3v) is 11.9. The number of hydrogen-bond donors (Lipinski definition) is 0. The van der Waals surface area contributed by atoms with Crippen LogP contribution >= 0.6 is 0 Å². The van der Waals surface area contributed by atoms with E-state index in [1.807, 2.05) is 30.7 Å². The summed E-state index contributed by atoms with van der Waals surface area (Å²) < 4.78 is 4.69. The molecule has 0 saturated carbocycles. The standard InChI is InChI=1S/C49H32N6/c1-49(2)39-17-7-5-13-33(39)37-27-38-34-14-6-8-18-41(34)54(42(38)28-40(37)49)30-19-21-31(22-20-30)55-47-36-16-10-25-51-44(36)43-35(15-9-24-50-43)45(47)53-48(55)46-32-12-4-3-11-29(32)23-26-52-46/h3-28H,1-2H3. The van der Waals surface area contributed by atoms with Gasteiger partial charge in [-0.1, -0.05) is 80.6 Å². The molecule has 0 radical (unpaired) electrons. The van der Waals surface area contributed by atoms with Gasteiger partial charge in [0.2, 0.25) is 0 Å². The summed E-state index contributed by atoms with van der Waals surface area (Å²) in [6, 6.07) is 50.0. The summed E-state index contributed by atoms with van der Waals surface area (Å²) >= 11 is 0. The molecule has 5 aromatic heterocycles. The van der Waals surface area contributed by atoms with Crippen molar-refractivity contribution in [1.29, 1.82) is 0 Å². The number of pyridine rings is 3. The molecule has 0 unspecified atom stereocenters. The molecule has 0 fully saturated rings. The number of fused-ring (bicyclic) bond motifs is 13. The Kier molecular flexibility index (Phi) is 6.02. The maximum atomic E-state index is 5.43. The number of aromatic nitrogens is 6. The van der Waals surface area contributed by atoms with Crippen LogP contribution in [0.4, 0.5) is 0 Å². The second-order valence-electron chi connectivity index (χ2n) is 15.1. The Morgan fingerprint density at radius 3 is 1.96 bits per heavy atom. The fraction of sp³-hybridized carbons (Fsp3) is 0.0612. The highest BCUT2D eigenvalue weighted by Crippen LogP contribution is 2.51. The second-order valence-corrected chi connectivity index (χ2v) is 15.1. The average Bonchev–Trinajstić information content (AvgIpc) is 3.86. The van der Waals surface area contributed by atoms with E-state index in [4.69, 9.17) is 19.9 Å². The van der Waals surface area contributed by atoms with E-state index >= 15 is 0 Å². The number of rotatable bonds is 3. The molecule has 55 heavy (non-hydrogen) atoms. The SMILES string of the molecule is CC1(C)c2ccccc2-c2cc3c4ccccc4n(-c4ccc(-n5c(-c6nccc7ccccc67)nc6c7cccnc7c7ncccc7c65)cc4)c3cc21. The summed E-state index contributed by atoms with van der Waals surface area (Å²) in [7, 11) is 0. The Bertz CT molecular complexity index is 3400. The highest BCUT2D eigenvalue weighted by atomic mass is 15.1. The van der Waals surface area contributed by atoms with Crippen LogP contribution in [0, 0.1) is 0 Å². The van der Waals surface area contributed by atoms with Gasteiger partial charge in [-0.2, -0.15) is 0 Å². The molecule has 0 atom stereocenters. The highest BCUT2D eigenvalue weighted by molar-refractivity contribution is 6.22. The van der Waals surface area contributed by atoms with E-state index in [1.54, 1.807) is 0 Å². The molecular formula is C49H32N6. The van der Waals surface area contributed by atoms with Crippen molar-refractivity contribution in [2.75, 3.05) is 0 Å². The van der Waals surface area contributed by atoms with Crippen LogP contribution in [0.1, 0.15) is 25.0 Å². The zero-order valence-corrected chi connectivity index (χ0v) is 30.2. The van der Waals surface area contributed by atoms with Crippen LogP contribution in [0.3, 0.4) is 0 Å². The third-order valence-electron chi connectivity index (χ3n) is 11.9. The second kappa shape index (κ2) is 10.9. The summed E-state index contributed by atoms with van der Waals surface area (Å²) in [6.45, 7) is 4.70. The number of benzene rings is 6. The van der Waals surface area contributed by atoms with Gasteiger partial charge in [-0.15, -0.1) is 0 Å². The largest absolute Gasteiger partial charge is 0.309 e. The first kappa shape index (κ1) is 30.3. The maximum Gasteiger partial charge on any atom is 0.165 e. The molecule has 5 heterocycles. The van der Waals surface area contributed by atoms with Crippen LogP contribution in [0.2, 0.25) is 0 Å². The predicted molar refractivity (Wildman–Crippen MR) is 224 cm³/mol. The van der Waals surface area contributed by atoms with Gasteiger partial charge in [0, 0.05) is 62.3 Å². The van der Waals surface area contributed by atoms with Gasteiger partial charge in [0.05, 0.1) is 33.1 Å². The summed E-state index contributed by atoms with van der Waals surface area (Å²) in [5.74, 6) is 0.773. The molecule has 6 heteroatoms. The molecule has 0 amide bonds. The smallest absolute Gasteiger partial charge is 0.165 e. The first-order chi connectivity index (χ1) is 27.1. The lowest BCUT2D eigenvalue weighted by Crippen LogP contribution is -2.14. The van der Waals surface area contributed by atoms with Crippen molar-refractivity contribution >= 4 is 65.4 Å². The summed E-state index contributed by atoms with van der Waals surface area (Å²) in [4.78, 5) is 20.1. The van der Waals surface area contributed by atoms with Gasteiger partial charge in [0.15, 0.2) is 5.82 Å². The molecule has 6 nitrogen and oxygen atoms in total. The predicted octanol–water partition coefficient (Wildman–Crippen LogP) is 11.7. The van der Waals surface area contributed by atoms with Gasteiger partial charge < -0.3 is 4.57 Å². The van der Waals surface area contributed by atoms with Gasteiger partial charge in [0.25, 0.3) is 0 Å². The first-order valence-corrected chi connectivity index (χ1v) is 18.7. The van der Waals surface area contributed by atoms with E-state index in [-0.39, 0.29) is 5.41 Å². The minimum atomic E-state index is -0.100. The van der Waals surface area contributed by atoms with Gasteiger partial charge in [-0.25, -0.2) is 4.98 Å². The lowest BCUT2D eigenvalue weighted by atomic mass is 9.82. The van der Waals surface area contributed by atoms with Crippen LogP contribution < -0.4 is 0 Å². The molecule has 1 aliphatic rings. The summed E-state index contributed by atoms with van der Waals surface area (Å²) in [6.07, 6.45) is 5.54. The quantitative estimate of drug-likeness (QED) is 0.172. The minimum Gasteiger partial charge on any atom is -0.309 e. The lowest BCUT2D eigenvalue weighted by molar-refractivity contribution is 0.661. The highest BCUT2D eigenvalue weighted by Gasteiger charge is 2.36. The molecule has 6 aromatic carbocycles. The molecule has 12 rings (SSSR count). The van der Waals surface area contributed by atoms with Crippen molar-refractivity contribution in [3.63, 3.8) is 0 Å². The first-order valence-electron chi connectivity index (χ1n) is 18.7. The molecule has 0 spiro atoms.